The summed E-state index contributed by atoms with van der Waals surface area (Å²) in [7, 11) is 2.04. The summed E-state index contributed by atoms with van der Waals surface area (Å²) in [6.45, 7) is 0.672. The molecular formula is C10H12BrN3. The standard InChI is InChI=1S/C10H12BrN3/c1-14-8(2-3-12)5-9-10(14)4-7(11)6-13-9/h4-6H,2-3,12H2,1H3. The quantitative estimate of drug-likeness (QED) is 0.888. The molecule has 0 bridgehead atoms. The number of fused-ring (bicyclic) bond motifs is 1. The molecule has 74 valence electrons. The Labute approximate surface area is 91.1 Å². The van der Waals surface area contributed by atoms with E-state index in [0.717, 1.165) is 21.9 Å². The van der Waals surface area contributed by atoms with Gasteiger partial charge in [-0.05, 0) is 41.0 Å². The maximum Gasteiger partial charge on any atom is 0.0884 e. The molecule has 0 aromatic carbocycles. The first-order valence-corrected chi connectivity index (χ1v) is 5.31. The van der Waals surface area contributed by atoms with Crippen molar-refractivity contribution in [1.82, 2.24) is 9.55 Å². The van der Waals surface area contributed by atoms with Gasteiger partial charge in [-0.15, -0.1) is 0 Å². The minimum Gasteiger partial charge on any atom is -0.346 e. The van der Waals surface area contributed by atoms with Crippen LogP contribution in [-0.4, -0.2) is 16.1 Å². The van der Waals surface area contributed by atoms with E-state index >= 15 is 0 Å². The Morgan fingerprint density at radius 1 is 1.50 bits per heavy atom. The van der Waals surface area contributed by atoms with Crippen LogP contribution in [0, 0.1) is 0 Å². The van der Waals surface area contributed by atoms with Crippen LogP contribution in [-0.2, 0) is 13.5 Å². The number of nitrogens with zero attached hydrogens (tertiary/aromatic N) is 2. The molecule has 0 aliphatic rings. The topological polar surface area (TPSA) is 43.8 Å². The zero-order valence-electron chi connectivity index (χ0n) is 8.00. The van der Waals surface area contributed by atoms with Crippen LogP contribution in [0.5, 0.6) is 0 Å². The van der Waals surface area contributed by atoms with Gasteiger partial charge < -0.3 is 10.3 Å². The molecule has 4 heteroatoms. The molecule has 0 saturated carbocycles. The fourth-order valence-electron chi connectivity index (χ4n) is 1.62. The first-order chi connectivity index (χ1) is 6.72. The number of halogens is 1. The maximum atomic E-state index is 5.54. The predicted octanol–water partition coefficient (Wildman–Crippen LogP) is 1.84. The minimum atomic E-state index is 0.672. The van der Waals surface area contributed by atoms with Crippen LogP contribution in [0.4, 0.5) is 0 Å². The third-order valence-corrected chi connectivity index (χ3v) is 2.79. The van der Waals surface area contributed by atoms with Crippen molar-refractivity contribution in [3.63, 3.8) is 0 Å². The lowest BCUT2D eigenvalue weighted by molar-refractivity contribution is 0.827. The molecule has 2 rings (SSSR count). The number of rotatable bonds is 2. The normalized spacial score (nSPS) is 11.1. The second kappa shape index (κ2) is 3.71. The maximum absolute atomic E-state index is 5.54. The predicted molar refractivity (Wildman–Crippen MR) is 61.2 cm³/mol. The lowest BCUT2D eigenvalue weighted by Gasteiger charge is -2.01. The summed E-state index contributed by atoms with van der Waals surface area (Å²) in [5, 5.41) is 0. The van der Waals surface area contributed by atoms with Crippen LogP contribution >= 0.6 is 15.9 Å². The fourth-order valence-corrected chi connectivity index (χ4v) is 1.94. The molecule has 0 aliphatic heterocycles. The number of hydrogen-bond donors (Lipinski definition) is 1. The third-order valence-electron chi connectivity index (χ3n) is 2.36. The largest absolute Gasteiger partial charge is 0.346 e. The average Bonchev–Trinajstić information content (AvgIpc) is 2.46. The van der Waals surface area contributed by atoms with Crippen molar-refractivity contribution < 1.29 is 0 Å². The molecule has 0 saturated heterocycles. The first-order valence-electron chi connectivity index (χ1n) is 4.52. The summed E-state index contributed by atoms with van der Waals surface area (Å²) >= 11 is 3.41. The lowest BCUT2D eigenvalue weighted by atomic mass is 10.3. The van der Waals surface area contributed by atoms with E-state index in [2.05, 4.69) is 37.6 Å². The molecule has 0 spiro atoms. The third kappa shape index (κ3) is 1.55. The van der Waals surface area contributed by atoms with Crippen LogP contribution in [0.15, 0.2) is 22.8 Å². The Balaban J connectivity index is 2.62. The molecule has 2 heterocycles. The number of pyridine rings is 1. The average molecular weight is 254 g/mol. The smallest absolute Gasteiger partial charge is 0.0884 e. The number of aryl methyl sites for hydroxylation is 1. The molecule has 3 nitrogen and oxygen atoms in total. The highest BCUT2D eigenvalue weighted by Gasteiger charge is 2.05. The number of hydrogen-bond acceptors (Lipinski definition) is 2. The van der Waals surface area contributed by atoms with Gasteiger partial charge >= 0.3 is 0 Å². The summed E-state index contributed by atoms with van der Waals surface area (Å²) in [6.07, 6.45) is 2.71. The van der Waals surface area contributed by atoms with Crippen molar-refractivity contribution in [2.24, 2.45) is 12.8 Å². The van der Waals surface area contributed by atoms with Crippen LogP contribution in [0.1, 0.15) is 5.69 Å². The van der Waals surface area contributed by atoms with Crippen LogP contribution in [0.2, 0.25) is 0 Å². The fraction of sp³-hybridized carbons (Fsp3) is 0.300. The molecule has 0 radical (unpaired) electrons. The highest BCUT2D eigenvalue weighted by Crippen LogP contribution is 2.20. The summed E-state index contributed by atoms with van der Waals surface area (Å²) in [4.78, 5) is 4.34. The van der Waals surface area contributed by atoms with Gasteiger partial charge in [-0.1, -0.05) is 0 Å². The highest BCUT2D eigenvalue weighted by molar-refractivity contribution is 9.10. The van der Waals surface area contributed by atoms with Gasteiger partial charge in [-0.2, -0.15) is 0 Å². The van der Waals surface area contributed by atoms with Gasteiger partial charge in [0.25, 0.3) is 0 Å². The Morgan fingerprint density at radius 3 is 3.00 bits per heavy atom. The zero-order valence-corrected chi connectivity index (χ0v) is 9.58. The van der Waals surface area contributed by atoms with Gasteiger partial charge in [0, 0.05) is 23.4 Å². The molecular weight excluding hydrogens is 242 g/mol. The molecule has 0 amide bonds. The number of nitrogens with two attached hydrogens (primary N) is 1. The van der Waals surface area contributed by atoms with Crippen molar-refractivity contribution >= 4 is 27.0 Å². The Morgan fingerprint density at radius 2 is 2.29 bits per heavy atom. The molecule has 14 heavy (non-hydrogen) atoms. The Hall–Kier alpha value is -0.870. The van der Waals surface area contributed by atoms with E-state index in [0.29, 0.717) is 6.54 Å². The van der Waals surface area contributed by atoms with E-state index in [1.807, 2.05) is 13.2 Å². The summed E-state index contributed by atoms with van der Waals surface area (Å²) in [5.41, 5.74) is 8.94. The van der Waals surface area contributed by atoms with E-state index in [9.17, 15) is 0 Å². The van der Waals surface area contributed by atoms with E-state index in [-0.39, 0.29) is 0 Å². The van der Waals surface area contributed by atoms with Crippen LogP contribution in [0.3, 0.4) is 0 Å². The second-order valence-corrected chi connectivity index (χ2v) is 4.21. The molecule has 2 N–H and O–H groups in total. The number of aromatic nitrogens is 2. The summed E-state index contributed by atoms with van der Waals surface area (Å²) in [5.74, 6) is 0. The van der Waals surface area contributed by atoms with Gasteiger partial charge in [-0.25, -0.2) is 0 Å². The summed E-state index contributed by atoms with van der Waals surface area (Å²) in [6, 6.07) is 4.16. The van der Waals surface area contributed by atoms with Crippen molar-refractivity contribution in [1.29, 1.82) is 0 Å². The van der Waals surface area contributed by atoms with Gasteiger partial charge in [0.05, 0.1) is 11.0 Å². The van der Waals surface area contributed by atoms with Gasteiger partial charge in [0.2, 0.25) is 0 Å². The van der Waals surface area contributed by atoms with E-state index in [4.69, 9.17) is 5.73 Å². The van der Waals surface area contributed by atoms with E-state index in [1.54, 1.807) is 0 Å². The second-order valence-electron chi connectivity index (χ2n) is 3.29. The van der Waals surface area contributed by atoms with Crippen molar-refractivity contribution in [3.8, 4) is 0 Å². The van der Waals surface area contributed by atoms with Gasteiger partial charge in [0.1, 0.15) is 0 Å². The van der Waals surface area contributed by atoms with Gasteiger partial charge in [-0.3, -0.25) is 4.98 Å². The van der Waals surface area contributed by atoms with Crippen LogP contribution in [0.25, 0.3) is 11.0 Å². The van der Waals surface area contributed by atoms with E-state index in [1.165, 1.54) is 5.69 Å². The lowest BCUT2D eigenvalue weighted by Crippen LogP contribution is -2.06. The van der Waals surface area contributed by atoms with Crippen LogP contribution < -0.4 is 5.73 Å². The highest BCUT2D eigenvalue weighted by atomic mass is 79.9. The molecule has 2 aromatic rings. The first kappa shape index (κ1) is 9.68. The Bertz CT molecular complexity index is 462. The van der Waals surface area contributed by atoms with Gasteiger partial charge in [0.15, 0.2) is 0 Å². The van der Waals surface area contributed by atoms with E-state index < -0.39 is 0 Å². The monoisotopic (exact) mass is 253 g/mol. The SMILES string of the molecule is Cn1c(CCN)cc2ncc(Br)cc21. The minimum absolute atomic E-state index is 0.672. The molecule has 0 fully saturated rings. The Kier molecular flexibility index (Phi) is 2.56. The van der Waals surface area contributed by atoms with Crippen molar-refractivity contribution in [2.45, 2.75) is 6.42 Å². The zero-order chi connectivity index (χ0) is 10.1. The van der Waals surface area contributed by atoms with Crippen molar-refractivity contribution in [2.75, 3.05) is 6.54 Å². The molecule has 0 atom stereocenters. The van der Waals surface area contributed by atoms with Crippen molar-refractivity contribution in [3.05, 3.63) is 28.5 Å². The summed E-state index contributed by atoms with van der Waals surface area (Å²) < 4.78 is 3.14. The molecule has 0 unspecified atom stereocenters. The molecule has 0 aliphatic carbocycles. The molecule has 2 aromatic heterocycles.